The lowest BCUT2D eigenvalue weighted by Crippen LogP contribution is -2.43. The predicted molar refractivity (Wildman–Crippen MR) is 85.2 cm³/mol. The number of aliphatic carboxylic acids is 1. The van der Waals surface area contributed by atoms with Gasteiger partial charge in [-0.25, -0.2) is 4.79 Å². The summed E-state index contributed by atoms with van der Waals surface area (Å²) < 4.78 is 0. The summed E-state index contributed by atoms with van der Waals surface area (Å²) >= 11 is 0. The van der Waals surface area contributed by atoms with Crippen LogP contribution in [-0.4, -0.2) is 28.0 Å². The maximum absolute atomic E-state index is 11.9. The number of carbonyl (C=O) groups is 2. The third-order valence-corrected chi connectivity index (χ3v) is 3.31. The topological polar surface area (TPSA) is 79.3 Å². The molecule has 2 rings (SSSR count). The fourth-order valence-electron chi connectivity index (χ4n) is 2.14. The molecular formula is C17H18N2O3. The Morgan fingerprint density at radius 2 is 1.95 bits per heavy atom. The molecule has 0 bridgehead atoms. The lowest BCUT2D eigenvalue weighted by atomic mass is 10.0. The second-order valence-electron chi connectivity index (χ2n) is 5.32. The maximum Gasteiger partial charge on any atom is 0.326 e. The quantitative estimate of drug-likeness (QED) is 0.831. The second-order valence-corrected chi connectivity index (χ2v) is 5.32. The molecule has 1 amide bonds. The van der Waals surface area contributed by atoms with Crippen molar-refractivity contribution in [2.75, 3.05) is 0 Å². The number of pyridine rings is 1. The van der Waals surface area contributed by atoms with E-state index in [1.54, 1.807) is 26.1 Å². The van der Waals surface area contributed by atoms with Crippen molar-refractivity contribution in [3.8, 4) is 0 Å². The molecule has 2 N–H and O–H groups in total. The highest BCUT2D eigenvalue weighted by molar-refractivity contribution is 5.97. The Balaban J connectivity index is 2.17. The van der Waals surface area contributed by atoms with Gasteiger partial charge in [0.15, 0.2) is 0 Å². The van der Waals surface area contributed by atoms with Crippen LogP contribution in [-0.2, 0) is 9.59 Å². The number of aromatic nitrogens is 1. The standard InChI is InChI=1S/C17H18N2O3/c1-11(2)15(17(21)22)19-14(20)9-8-13-6-3-5-12-7-4-10-18-16(12)13/h3-11,15H,1-2H3,(H,19,20)(H,21,22). The van der Waals surface area contributed by atoms with Crippen LogP contribution in [0.4, 0.5) is 0 Å². The van der Waals surface area contributed by atoms with Gasteiger partial charge >= 0.3 is 5.97 Å². The summed E-state index contributed by atoms with van der Waals surface area (Å²) in [6.45, 7) is 3.49. The molecule has 0 fully saturated rings. The third-order valence-electron chi connectivity index (χ3n) is 3.31. The van der Waals surface area contributed by atoms with Gasteiger partial charge in [0.1, 0.15) is 6.04 Å². The number of amides is 1. The minimum absolute atomic E-state index is 0.186. The lowest BCUT2D eigenvalue weighted by molar-refractivity contribution is -0.142. The van der Waals surface area contributed by atoms with Gasteiger partial charge in [-0.2, -0.15) is 0 Å². The number of carboxylic acids is 1. The minimum Gasteiger partial charge on any atom is -0.480 e. The Labute approximate surface area is 128 Å². The van der Waals surface area contributed by atoms with E-state index in [4.69, 9.17) is 5.11 Å². The van der Waals surface area contributed by atoms with Crippen LogP contribution in [0.25, 0.3) is 17.0 Å². The molecule has 5 heteroatoms. The molecule has 0 aliphatic heterocycles. The predicted octanol–water partition coefficient (Wildman–Crippen LogP) is 2.47. The highest BCUT2D eigenvalue weighted by atomic mass is 16.4. The van der Waals surface area contributed by atoms with Crippen molar-refractivity contribution in [3.05, 3.63) is 48.2 Å². The fraction of sp³-hybridized carbons (Fsp3) is 0.235. The first kappa shape index (κ1) is 15.7. The van der Waals surface area contributed by atoms with Crippen molar-refractivity contribution in [1.82, 2.24) is 10.3 Å². The van der Waals surface area contributed by atoms with E-state index in [0.717, 1.165) is 16.5 Å². The molecule has 0 saturated carbocycles. The van der Waals surface area contributed by atoms with Crippen molar-refractivity contribution in [3.63, 3.8) is 0 Å². The number of hydrogen-bond donors (Lipinski definition) is 2. The summed E-state index contributed by atoms with van der Waals surface area (Å²) in [4.78, 5) is 27.3. The van der Waals surface area contributed by atoms with Crippen molar-refractivity contribution in [2.45, 2.75) is 19.9 Å². The van der Waals surface area contributed by atoms with E-state index in [2.05, 4.69) is 10.3 Å². The maximum atomic E-state index is 11.9. The zero-order valence-electron chi connectivity index (χ0n) is 12.5. The van der Waals surface area contributed by atoms with E-state index in [-0.39, 0.29) is 5.92 Å². The fourth-order valence-corrected chi connectivity index (χ4v) is 2.14. The van der Waals surface area contributed by atoms with E-state index in [0.29, 0.717) is 0 Å². The zero-order chi connectivity index (χ0) is 16.1. The van der Waals surface area contributed by atoms with E-state index in [1.165, 1.54) is 6.08 Å². The second kappa shape index (κ2) is 6.85. The first-order chi connectivity index (χ1) is 10.5. The molecule has 1 atom stereocenters. The van der Waals surface area contributed by atoms with Crippen LogP contribution in [0.2, 0.25) is 0 Å². The Kier molecular flexibility index (Phi) is 4.88. The van der Waals surface area contributed by atoms with Gasteiger partial charge in [-0.1, -0.05) is 38.1 Å². The molecule has 1 heterocycles. The zero-order valence-corrected chi connectivity index (χ0v) is 12.5. The van der Waals surface area contributed by atoms with Gasteiger partial charge < -0.3 is 10.4 Å². The number of carbonyl (C=O) groups excluding carboxylic acids is 1. The van der Waals surface area contributed by atoms with Gasteiger partial charge in [0.25, 0.3) is 0 Å². The van der Waals surface area contributed by atoms with Crippen molar-refractivity contribution in [2.24, 2.45) is 5.92 Å². The summed E-state index contributed by atoms with van der Waals surface area (Å²) in [6, 6.07) is 8.58. The Hall–Kier alpha value is -2.69. The molecule has 1 aromatic carbocycles. The van der Waals surface area contributed by atoms with E-state index in [9.17, 15) is 9.59 Å². The molecule has 0 radical (unpaired) electrons. The molecule has 5 nitrogen and oxygen atoms in total. The number of benzene rings is 1. The molecule has 0 saturated heterocycles. The highest BCUT2D eigenvalue weighted by Crippen LogP contribution is 2.17. The first-order valence-electron chi connectivity index (χ1n) is 7.04. The number of nitrogens with one attached hydrogen (secondary N) is 1. The van der Waals surface area contributed by atoms with Crippen LogP contribution in [0.3, 0.4) is 0 Å². The molecular weight excluding hydrogens is 280 g/mol. The summed E-state index contributed by atoms with van der Waals surface area (Å²) in [5.74, 6) is -1.66. The highest BCUT2D eigenvalue weighted by Gasteiger charge is 2.22. The minimum atomic E-state index is -1.04. The summed E-state index contributed by atoms with van der Waals surface area (Å²) in [5.41, 5.74) is 1.61. The van der Waals surface area contributed by atoms with E-state index >= 15 is 0 Å². The number of hydrogen-bond acceptors (Lipinski definition) is 3. The Morgan fingerprint density at radius 3 is 2.64 bits per heavy atom. The molecule has 0 spiro atoms. The van der Waals surface area contributed by atoms with Crippen LogP contribution in [0.5, 0.6) is 0 Å². The number of para-hydroxylation sites is 1. The van der Waals surface area contributed by atoms with Gasteiger partial charge in [-0.05, 0) is 18.1 Å². The normalized spacial score (nSPS) is 12.7. The average Bonchev–Trinajstić information content (AvgIpc) is 2.49. The number of fused-ring (bicyclic) bond motifs is 1. The average molecular weight is 298 g/mol. The molecule has 1 aromatic heterocycles. The van der Waals surface area contributed by atoms with Gasteiger partial charge in [0.2, 0.25) is 5.91 Å². The number of carboxylic acid groups (broad SMARTS) is 1. The van der Waals surface area contributed by atoms with Gasteiger partial charge in [-0.3, -0.25) is 9.78 Å². The largest absolute Gasteiger partial charge is 0.480 e. The molecule has 114 valence electrons. The Bertz CT molecular complexity index is 717. The van der Waals surface area contributed by atoms with E-state index in [1.807, 2.05) is 30.3 Å². The van der Waals surface area contributed by atoms with Crippen LogP contribution in [0.15, 0.2) is 42.6 Å². The molecule has 2 aromatic rings. The van der Waals surface area contributed by atoms with Gasteiger partial charge in [0, 0.05) is 23.2 Å². The van der Waals surface area contributed by atoms with Crippen LogP contribution in [0.1, 0.15) is 19.4 Å². The van der Waals surface area contributed by atoms with Crippen LogP contribution >= 0.6 is 0 Å². The molecule has 1 unspecified atom stereocenters. The van der Waals surface area contributed by atoms with E-state index < -0.39 is 17.9 Å². The Morgan fingerprint density at radius 1 is 1.23 bits per heavy atom. The van der Waals surface area contributed by atoms with Crippen molar-refractivity contribution < 1.29 is 14.7 Å². The summed E-state index contributed by atoms with van der Waals surface area (Å²) in [7, 11) is 0. The number of rotatable bonds is 5. The van der Waals surface area contributed by atoms with Crippen molar-refractivity contribution in [1.29, 1.82) is 0 Å². The summed E-state index contributed by atoms with van der Waals surface area (Å²) in [5, 5.41) is 12.5. The number of nitrogens with zero attached hydrogens (tertiary/aromatic N) is 1. The monoisotopic (exact) mass is 298 g/mol. The van der Waals surface area contributed by atoms with Crippen molar-refractivity contribution >= 4 is 28.9 Å². The third kappa shape index (κ3) is 3.69. The molecule has 0 aliphatic rings. The lowest BCUT2D eigenvalue weighted by Gasteiger charge is -2.16. The SMILES string of the molecule is CC(C)C(NC(=O)C=Cc1cccc2cccnc12)C(=O)O. The first-order valence-corrected chi connectivity index (χ1v) is 7.04. The van der Waals surface area contributed by atoms with Crippen LogP contribution < -0.4 is 5.32 Å². The van der Waals surface area contributed by atoms with Crippen LogP contribution in [0, 0.1) is 5.92 Å². The van der Waals surface area contributed by atoms with Gasteiger partial charge in [-0.15, -0.1) is 0 Å². The van der Waals surface area contributed by atoms with Gasteiger partial charge in [0.05, 0.1) is 5.52 Å². The molecule has 22 heavy (non-hydrogen) atoms. The molecule has 0 aliphatic carbocycles. The summed E-state index contributed by atoms with van der Waals surface area (Å²) in [6.07, 6.45) is 4.67. The smallest absolute Gasteiger partial charge is 0.326 e.